The van der Waals surface area contributed by atoms with Crippen molar-refractivity contribution < 1.29 is 4.79 Å². The molecule has 0 saturated heterocycles. The van der Waals surface area contributed by atoms with Gasteiger partial charge in [0, 0.05) is 17.1 Å². The molecular formula is C14H16N4O. The molecule has 0 atom stereocenters. The summed E-state index contributed by atoms with van der Waals surface area (Å²) in [6.45, 7) is 3.76. The Bertz CT molecular complexity index is 593. The lowest BCUT2D eigenvalue weighted by Crippen LogP contribution is -2.20. The first-order valence-corrected chi connectivity index (χ1v) is 5.92. The van der Waals surface area contributed by atoms with Gasteiger partial charge in [0.2, 0.25) is 0 Å². The van der Waals surface area contributed by atoms with Gasteiger partial charge in [-0.05, 0) is 50.2 Å². The SMILES string of the molecule is Cc1ccc(NC(=O)Nc2ccc(N)cc2)c(C)n1. The largest absolute Gasteiger partial charge is 0.399 e. The van der Waals surface area contributed by atoms with E-state index < -0.39 is 0 Å². The second kappa shape index (κ2) is 5.39. The van der Waals surface area contributed by atoms with E-state index in [-0.39, 0.29) is 6.03 Å². The fourth-order valence-electron chi connectivity index (χ4n) is 1.67. The van der Waals surface area contributed by atoms with Crippen LogP contribution in [0.1, 0.15) is 11.4 Å². The highest BCUT2D eigenvalue weighted by molar-refractivity contribution is 6.00. The average molecular weight is 256 g/mol. The van der Waals surface area contributed by atoms with E-state index in [2.05, 4.69) is 15.6 Å². The summed E-state index contributed by atoms with van der Waals surface area (Å²) in [5.41, 5.74) is 9.32. The third-order valence-electron chi connectivity index (χ3n) is 2.64. The summed E-state index contributed by atoms with van der Waals surface area (Å²) in [6, 6.07) is 10.3. The number of nitrogens with two attached hydrogens (primary N) is 1. The van der Waals surface area contributed by atoms with Gasteiger partial charge < -0.3 is 16.4 Å². The number of nitrogens with zero attached hydrogens (tertiary/aromatic N) is 1. The van der Waals surface area contributed by atoms with Gasteiger partial charge in [0.15, 0.2) is 0 Å². The van der Waals surface area contributed by atoms with Gasteiger partial charge in [-0.15, -0.1) is 0 Å². The van der Waals surface area contributed by atoms with Crippen molar-refractivity contribution in [2.45, 2.75) is 13.8 Å². The van der Waals surface area contributed by atoms with E-state index in [1.807, 2.05) is 26.0 Å². The molecule has 0 unspecified atom stereocenters. The minimum atomic E-state index is -0.307. The van der Waals surface area contributed by atoms with Crippen LogP contribution in [0.3, 0.4) is 0 Å². The maximum absolute atomic E-state index is 11.8. The van der Waals surface area contributed by atoms with Gasteiger partial charge in [0.25, 0.3) is 0 Å². The highest BCUT2D eigenvalue weighted by Crippen LogP contribution is 2.14. The van der Waals surface area contributed by atoms with Crippen LogP contribution < -0.4 is 16.4 Å². The Morgan fingerprint density at radius 1 is 1.05 bits per heavy atom. The molecule has 0 aliphatic carbocycles. The first kappa shape index (κ1) is 12.9. The Morgan fingerprint density at radius 2 is 1.74 bits per heavy atom. The highest BCUT2D eigenvalue weighted by atomic mass is 16.2. The van der Waals surface area contributed by atoms with Crippen LogP contribution >= 0.6 is 0 Å². The minimum Gasteiger partial charge on any atom is -0.399 e. The summed E-state index contributed by atoms with van der Waals surface area (Å²) >= 11 is 0. The maximum Gasteiger partial charge on any atom is 0.323 e. The minimum absolute atomic E-state index is 0.307. The lowest BCUT2D eigenvalue weighted by atomic mass is 10.2. The molecule has 98 valence electrons. The summed E-state index contributed by atoms with van der Waals surface area (Å²) in [5.74, 6) is 0. The maximum atomic E-state index is 11.8. The van der Waals surface area contributed by atoms with Gasteiger partial charge in [0.1, 0.15) is 0 Å². The Balaban J connectivity index is 2.03. The molecule has 1 aromatic carbocycles. The van der Waals surface area contributed by atoms with Crippen molar-refractivity contribution in [3.8, 4) is 0 Å². The molecule has 1 aromatic heterocycles. The number of aryl methyl sites for hydroxylation is 2. The van der Waals surface area contributed by atoms with Crippen LogP contribution in [0, 0.1) is 13.8 Å². The summed E-state index contributed by atoms with van der Waals surface area (Å²) in [7, 11) is 0. The molecule has 2 rings (SSSR count). The first-order chi connectivity index (χ1) is 9.04. The molecule has 0 spiro atoms. The van der Waals surface area contributed by atoms with Crippen LogP contribution in [0.2, 0.25) is 0 Å². The van der Waals surface area contributed by atoms with E-state index in [9.17, 15) is 4.79 Å². The molecule has 0 aliphatic rings. The van der Waals surface area contributed by atoms with Crippen molar-refractivity contribution in [3.05, 3.63) is 47.8 Å². The van der Waals surface area contributed by atoms with Gasteiger partial charge in [-0.3, -0.25) is 4.98 Å². The Morgan fingerprint density at radius 3 is 2.37 bits per heavy atom. The fourth-order valence-corrected chi connectivity index (χ4v) is 1.67. The van der Waals surface area contributed by atoms with Crippen molar-refractivity contribution in [1.82, 2.24) is 4.98 Å². The second-order valence-corrected chi connectivity index (χ2v) is 4.29. The molecule has 0 bridgehead atoms. The number of hydrogen-bond acceptors (Lipinski definition) is 3. The molecule has 1 heterocycles. The van der Waals surface area contributed by atoms with E-state index >= 15 is 0 Å². The zero-order valence-electron chi connectivity index (χ0n) is 10.9. The number of amides is 2. The van der Waals surface area contributed by atoms with Crippen LogP contribution in [-0.4, -0.2) is 11.0 Å². The first-order valence-electron chi connectivity index (χ1n) is 5.92. The van der Waals surface area contributed by atoms with E-state index in [4.69, 9.17) is 5.73 Å². The predicted octanol–water partition coefficient (Wildman–Crippen LogP) is 2.92. The van der Waals surface area contributed by atoms with Crippen molar-refractivity contribution >= 4 is 23.1 Å². The molecular weight excluding hydrogens is 240 g/mol. The average Bonchev–Trinajstić information content (AvgIpc) is 2.36. The molecule has 5 nitrogen and oxygen atoms in total. The summed E-state index contributed by atoms with van der Waals surface area (Å²) < 4.78 is 0. The highest BCUT2D eigenvalue weighted by Gasteiger charge is 2.05. The zero-order chi connectivity index (χ0) is 13.8. The monoisotopic (exact) mass is 256 g/mol. The number of anilines is 3. The second-order valence-electron chi connectivity index (χ2n) is 4.29. The van der Waals surface area contributed by atoms with Crippen LogP contribution in [0.25, 0.3) is 0 Å². The molecule has 19 heavy (non-hydrogen) atoms. The van der Waals surface area contributed by atoms with E-state index in [0.29, 0.717) is 17.1 Å². The van der Waals surface area contributed by atoms with E-state index in [0.717, 1.165) is 11.4 Å². The molecule has 0 saturated carbocycles. The molecule has 0 radical (unpaired) electrons. The van der Waals surface area contributed by atoms with E-state index in [1.165, 1.54) is 0 Å². The van der Waals surface area contributed by atoms with Crippen LogP contribution in [0.5, 0.6) is 0 Å². The Labute approximate surface area is 111 Å². The number of urea groups is 1. The molecule has 0 fully saturated rings. The third-order valence-corrected chi connectivity index (χ3v) is 2.64. The molecule has 4 N–H and O–H groups in total. The topological polar surface area (TPSA) is 80.0 Å². The van der Waals surface area contributed by atoms with Crippen molar-refractivity contribution in [2.24, 2.45) is 0 Å². The van der Waals surface area contributed by atoms with E-state index in [1.54, 1.807) is 24.3 Å². The van der Waals surface area contributed by atoms with Crippen molar-refractivity contribution in [3.63, 3.8) is 0 Å². The smallest absolute Gasteiger partial charge is 0.323 e. The number of carbonyl (C=O) groups is 1. The number of aromatic nitrogens is 1. The number of carbonyl (C=O) groups excluding carboxylic acids is 1. The van der Waals surface area contributed by atoms with Gasteiger partial charge in [0.05, 0.1) is 11.4 Å². The summed E-state index contributed by atoms with van der Waals surface area (Å²) in [4.78, 5) is 16.1. The standard InChI is InChI=1S/C14H16N4O/c1-9-3-8-13(10(2)16-9)18-14(19)17-12-6-4-11(15)5-7-12/h3-8H,15H2,1-2H3,(H2,17,18,19). The molecule has 2 aromatic rings. The predicted molar refractivity (Wildman–Crippen MR) is 77.2 cm³/mol. The molecule has 5 heteroatoms. The number of benzene rings is 1. The number of rotatable bonds is 2. The van der Waals surface area contributed by atoms with Gasteiger partial charge in [-0.25, -0.2) is 4.79 Å². The number of nitrogens with one attached hydrogen (secondary N) is 2. The number of nitrogen functional groups attached to an aromatic ring is 1. The summed E-state index contributed by atoms with van der Waals surface area (Å²) in [6.07, 6.45) is 0. The third kappa shape index (κ3) is 3.45. The quantitative estimate of drug-likeness (QED) is 0.723. The lowest BCUT2D eigenvalue weighted by Gasteiger charge is -2.10. The Kier molecular flexibility index (Phi) is 3.66. The van der Waals surface area contributed by atoms with Crippen LogP contribution in [-0.2, 0) is 0 Å². The zero-order valence-corrected chi connectivity index (χ0v) is 10.9. The Hall–Kier alpha value is -2.56. The number of hydrogen-bond donors (Lipinski definition) is 3. The van der Waals surface area contributed by atoms with Crippen LogP contribution in [0.4, 0.5) is 21.9 Å². The molecule has 2 amide bonds. The van der Waals surface area contributed by atoms with Gasteiger partial charge >= 0.3 is 6.03 Å². The van der Waals surface area contributed by atoms with Gasteiger partial charge in [-0.2, -0.15) is 0 Å². The van der Waals surface area contributed by atoms with Crippen molar-refractivity contribution in [2.75, 3.05) is 16.4 Å². The molecule has 0 aliphatic heterocycles. The van der Waals surface area contributed by atoms with Crippen molar-refractivity contribution in [1.29, 1.82) is 0 Å². The van der Waals surface area contributed by atoms with Gasteiger partial charge in [-0.1, -0.05) is 0 Å². The number of pyridine rings is 1. The van der Waals surface area contributed by atoms with Crippen LogP contribution in [0.15, 0.2) is 36.4 Å². The lowest BCUT2D eigenvalue weighted by molar-refractivity contribution is 0.262. The summed E-state index contributed by atoms with van der Waals surface area (Å²) in [5, 5.41) is 5.48. The fraction of sp³-hybridized carbons (Fsp3) is 0.143. The normalized spacial score (nSPS) is 10.0.